The Bertz CT molecular complexity index is 513. The number of hydrogen-bond donors (Lipinski definition) is 1. The van der Waals surface area contributed by atoms with Gasteiger partial charge in [-0.15, -0.1) is 0 Å². The van der Waals surface area contributed by atoms with Gasteiger partial charge in [-0.3, -0.25) is 4.90 Å². The van der Waals surface area contributed by atoms with Crippen molar-refractivity contribution in [3.63, 3.8) is 0 Å². The van der Waals surface area contributed by atoms with Gasteiger partial charge in [-0.2, -0.15) is 0 Å². The molecule has 0 bridgehead atoms. The minimum atomic E-state index is -0.633. The van der Waals surface area contributed by atoms with Gasteiger partial charge in [-0.1, -0.05) is 67.6 Å². The van der Waals surface area contributed by atoms with Crippen LogP contribution in [0.15, 0.2) is 60.7 Å². The molecule has 0 aliphatic heterocycles. The molecule has 2 aromatic rings. The minimum absolute atomic E-state index is 0.356. The third-order valence-electron chi connectivity index (χ3n) is 4.22. The van der Waals surface area contributed by atoms with Crippen LogP contribution < -0.4 is 0 Å². The number of aliphatic hydroxyl groups is 1. The van der Waals surface area contributed by atoms with E-state index in [1.54, 1.807) is 0 Å². The van der Waals surface area contributed by atoms with Crippen LogP contribution in [0.5, 0.6) is 0 Å². The fourth-order valence-corrected chi connectivity index (χ4v) is 2.77. The highest BCUT2D eigenvalue weighted by molar-refractivity contribution is 5.19. The molecule has 0 aromatic heterocycles. The highest BCUT2D eigenvalue weighted by Crippen LogP contribution is 2.46. The molecule has 2 unspecified atom stereocenters. The van der Waals surface area contributed by atoms with Crippen molar-refractivity contribution < 1.29 is 5.11 Å². The number of benzene rings is 2. The molecule has 1 aliphatic rings. The maximum Gasteiger partial charge on any atom is 0.122 e. The zero-order valence-electron chi connectivity index (χ0n) is 11.9. The molecule has 0 amide bonds. The van der Waals surface area contributed by atoms with E-state index in [9.17, 15) is 5.11 Å². The van der Waals surface area contributed by atoms with Crippen LogP contribution in [0, 0.1) is 5.92 Å². The van der Waals surface area contributed by atoms with Crippen molar-refractivity contribution in [3.8, 4) is 0 Å². The van der Waals surface area contributed by atoms with Gasteiger partial charge in [-0.05, 0) is 17.5 Å². The van der Waals surface area contributed by atoms with E-state index in [0.717, 1.165) is 19.5 Å². The standard InChI is InChI=1S/C18H21NO/c1-15-12-18(15,20)19(13-16-8-4-2-5-9-16)14-17-10-6-3-7-11-17/h2-11,15,20H,12-14H2,1H3. The molecule has 2 nitrogen and oxygen atoms in total. The average molecular weight is 267 g/mol. The lowest BCUT2D eigenvalue weighted by atomic mass is 10.1. The van der Waals surface area contributed by atoms with Crippen LogP contribution in [0.3, 0.4) is 0 Å². The summed E-state index contributed by atoms with van der Waals surface area (Å²) in [7, 11) is 0. The van der Waals surface area contributed by atoms with Crippen molar-refractivity contribution in [2.45, 2.75) is 32.2 Å². The van der Waals surface area contributed by atoms with E-state index in [4.69, 9.17) is 0 Å². The maximum absolute atomic E-state index is 10.7. The van der Waals surface area contributed by atoms with Gasteiger partial charge in [0.15, 0.2) is 0 Å². The Kier molecular flexibility index (Phi) is 3.60. The second kappa shape index (κ2) is 5.39. The van der Waals surface area contributed by atoms with Gasteiger partial charge in [-0.25, -0.2) is 0 Å². The Balaban J connectivity index is 1.78. The predicted molar refractivity (Wildman–Crippen MR) is 80.9 cm³/mol. The van der Waals surface area contributed by atoms with E-state index in [2.05, 4.69) is 60.4 Å². The van der Waals surface area contributed by atoms with Crippen LogP contribution >= 0.6 is 0 Å². The number of rotatable bonds is 5. The monoisotopic (exact) mass is 267 g/mol. The van der Waals surface area contributed by atoms with Gasteiger partial charge in [0.05, 0.1) is 0 Å². The summed E-state index contributed by atoms with van der Waals surface area (Å²) < 4.78 is 0. The van der Waals surface area contributed by atoms with Crippen molar-refractivity contribution in [2.24, 2.45) is 5.92 Å². The second-order valence-electron chi connectivity index (χ2n) is 5.81. The Morgan fingerprint density at radius 3 is 1.70 bits per heavy atom. The average Bonchev–Trinajstić information content (AvgIpc) is 3.09. The lowest BCUT2D eigenvalue weighted by molar-refractivity contribution is -0.0452. The third kappa shape index (κ3) is 2.77. The van der Waals surface area contributed by atoms with Crippen molar-refractivity contribution in [1.82, 2.24) is 4.90 Å². The number of nitrogens with zero attached hydrogens (tertiary/aromatic N) is 1. The van der Waals surface area contributed by atoms with E-state index < -0.39 is 5.72 Å². The largest absolute Gasteiger partial charge is 0.375 e. The van der Waals surface area contributed by atoms with Crippen LogP contribution in [-0.4, -0.2) is 15.7 Å². The Hall–Kier alpha value is -1.64. The van der Waals surface area contributed by atoms with Crippen LogP contribution in [0.1, 0.15) is 24.5 Å². The Labute approximate surface area is 120 Å². The summed E-state index contributed by atoms with van der Waals surface area (Å²) in [6, 6.07) is 20.7. The first kappa shape index (κ1) is 13.3. The van der Waals surface area contributed by atoms with Crippen LogP contribution in [0.4, 0.5) is 0 Å². The van der Waals surface area contributed by atoms with E-state index >= 15 is 0 Å². The van der Waals surface area contributed by atoms with E-state index in [-0.39, 0.29) is 0 Å². The topological polar surface area (TPSA) is 23.5 Å². The third-order valence-corrected chi connectivity index (χ3v) is 4.22. The van der Waals surface area contributed by atoms with Gasteiger partial charge in [0.1, 0.15) is 5.72 Å². The van der Waals surface area contributed by atoms with Crippen molar-refractivity contribution in [3.05, 3.63) is 71.8 Å². The second-order valence-corrected chi connectivity index (χ2v) is 5.81. The molecule has 3 rings (SSSR count). The van der Waals surface area contributed by atoms with Gasteiger partial charge in [0, 0.05) is 19.0 Å². The van der Waals surface area contributed by atoms with Gasteiger partial charge in [0.2, 0.25) is 0 Å². The summed E-state index contributed by atoms with van der Waals surface area (Å²) in [6.07, 6.45) is 0.868. The summed E-state index contributed by atoms with van der Waals surface area (Å²) in [5.74, 6) is 0.356. The lowest BCUT2D eigenvalue weighted by Crippen LogP contribution is -2.37. The van der Waals surface area contributed by atoms with Crippen molar-refractivity contribution in [2.75, 3.05) is 0 Å². The highest BCUT2D eigenvalue weighted by atomic mass is 16.3. The van der Waals surface area contributed by atoms with Crippen LogP contribution in [0.25, 0.3) is 0 Å². The van der Waals surface area contributed by atoms with E-state index in [1.165, 1.54) is 11.1 Å². The maximum atomic E-state index is 10.7. The molecule has 1 aliphatic carbocycles. The molecule has 0 heterocycles. The molecular formula is C18H21NO. The first-order valence-corrected chi connectivity index (χ1v) is 7.24. The molecule has 2 atom stereocenters. The van der Waals surface area contributed by atoms with Crippen molar-refractivity contribution >= 4 is 0 Å². The molecule has 0 spiro atoms. The predicted octanol–water partition coefficient (Wildman–Crippen LogP) is 3.42. The molecule has 20 heavy (non-hydrogen) atoms. The zero-order valence-corrected chi connectivity index (χ0v) is 11.9. The highest BCUT2D eigenvalue weighted by Gasteiger charge is 2.54. The first-order valence-electron chi connectivity index (χ1n) is 7.24. The molecule has 2 heteroatoms. The van der Waals surface area contributed by atoms with E-state index in [0.29, 0.717) is 5.92 Å². The molecule has 1 fully saturated rings. The smallest absolute Gasteiger partial charge is 0.122 e. The number of hydrogen-bond acceptors (Lipinski definition) is 2. The lowest BCUT2D eigenvalue weighted by Gasteiger charge is -2.29. The van der Waals surface area contributed by atoms with E-state index in [1.807, 2.05) is 12.1 Å². The Morgan fingerprint density at radius 1 is 0.950 bits per heavy atom. The fraction of sp³-hybridized carbons (Fsp3) is 0.333. The molecule has 0 saturated heterocycles. The molecule has 104 valence electrons. The summed E-state index contributed by atoms with van der Waals surface area (Å²) in [4.78, 5) is 2.20. The zero-order chi connectivity index (χ0) is 14.0. The van der Waals surface area contributed by atoms with Crippen LogP contribution in [0.2, 0.25) is 0 Å². The van der Waals surface area contributed by atoms with Gasteiger partial charge in [0.25, 0.3) is 0 Å². The molecule has 2 aromatic carbocycles. The molecular weight excluding hydrogens is 246 g/mol. The van der Waals surface area contributed by atoms with Crippen molar-refractivity contribution in [1.29, 1.82) is 0 Å². The Morgan fingerprint density at radius 2 is 1.35 bits per heavy atom. The minimum Gasteiger partial charge on any atom is -0.375 e. The van der Waals surface area contributed by atoms with Gasteiger partial charge >= 0.3 is 0 Å². The van der Waals surface area contributed by atoms with Crippen LogP contribution in [-0.2, 0) is 13.1 Å². The SMILES string of the molecule is CC1CC1(O)N(Cc1ccccc1)Cc1ccccc1. The summed E-state index contributed by atoms with van der Waals surface area (Å²) in [5, 5.41) is 10.7. The quantitative estimate of drug-likeness (QED) is 0.839. The summed E-state index contributed by atoms with van der Waals surface area (Å²) in [6.45, 7) is 3.69. The molecule has 0 radical (unpaired) electrons. The first-order chi connectivity index (χ1) is 9.68. The normalized spacial score (nSPS) is 24.9. The molecule has 1 saturated carbocycles. The van der Waals surface area contributed by atoms with Gasteiger partial charge < -0.3 is 5.11 Å². The summed E-state index contributed by atoms with van der Waals surface area (Å²) >= 11 is 0. The fourth-order valence-electron chi connectivity index (χ4n) is 2.77. The summed E-state index contributed by atoms with van der Waals surface area (Å²) in [5.41, 5.74) is 1.86. The molecule has 1 N–H and O–H groups in total.